The molecule has 0 aliphatic carbocycles. The number of likely N-dealkylation sites (tertiary alicyclic amines) is 1. The number of piperidine rings is 1. The van der Waals surface area contributed by atoms with E-state index in [2.05, 4.69) is 10.2 Å². The van der Waals surface area contributed by atoms with Crippen LogP contribution in [-0.4, -0.2) is 59.4 Å². The summed E-state index contributed by atoms with van der Waals surface area (Å²) in [5, 5.41) is 3.35. The summed E-state index contributed by atoms with van der Waals surface area (Å²) < 4.78 is 0. The second kappa shape index (κ2) is 10.0. The predicted molar refractivity (Wildman–Crippen MR) is 140 cm³/mol. The molecule has 8 heteroatoms. The average molecular weight is 503 g/mol. The predicted octanol–water partition coefficient (Wildman–Crippen LogP) is 4.26. The number of benzene rings is 3. The number of para-hydroxylation sites is 1. The van der Waals surface area contributed by atoms with Crippen LogP contribution in [0.2, 0.25) is 5.02 Å². The fraction of sp³-hybridized carbons (Fsp3) is 0.250. The number of nitrogens with zero attached hydrogens (tertiary/aromatic N) is 3. The molecule has 3 aromatic carbocycles. The lowest BCUT2D eigenvalue weighted by atomic mass is 9.85. The molecule has 3 aromatic rings. The van der Waals surface area contributed by atoms with Gasteiger partial charge in [-0.3, -0.25) is 14.4 Å². The van der Waals surface area contributed by atoms with E-state index in [0.717, 1.165) is 5.69 Å². The number of carbonyl (C=O) groups is 3. The van der Waals surface area contributed by atoms with E-state index in [1.165, 1.54) is 0 Å². The number of halogens is 1. The molecule has 3 amide bonds. The molecule has 2 heterocycles. The van der Waals surface area contributed by atoms with Gasteiger partial charge in [0.2, 0.25) is 5.91 Å². The molecule has 184 valence electrons. The Morgan fingerprint density at radius 3 is 2.22 bits per heavy atom. The van der Waals surface area contributed by atoms with Gasteiger partial charge in [-0.15, -0.1) is 0 Å². The number of amides is 3. The van der Waals surface area contributed by atoms with Gasteiger partial charge >= 0.3 is 0 Å². The van der Waals surface area contributed by atoms with Crippen LogP contribution in [0.3, 0.4) is 0 Å². The Bertz CT molecular complexity index is 1260. The van der Waals surface area contributed by atoms with Crippen LogP contribution < -0.4 is 10.2 Å². The summed E-state index contributed by atoms with van der Waals surface area (Å²) in [6, 6.07) is 25.9. The van der Waals surface area contributed by atoms with Gasteiger partial charge < -0.3 is 20.0 Å². The third kappa shape index (κ3) is 4.66. The Morgan fingerprint density at radius 1 is 0.889 bits per heavy atom. The van der Waals surface area contributed by atoms with E-state index in [1.54, 1.807) is 29.2 Å². The molecule has 2 fully saturated rings. The van der Waals surface area contributed by atoms with Crippen molar-refractivity contribution >= 4 is 40.7 Å². The quantitative estimate of drug-likeness (QED) is 0.566. The van der Waals surface area contributed by atoms with Gasteiger partial charge in [-0.25, -0.2) is 0 Å². The van der Waals surface area contributed by atoms with Gasteiger partial charge in [0.1, 0.15) is 12.1 Å². The maximum atomic E-state index is 13.8. The summed E-state index contributed by atoms with van der Waals surface area (Å²) >= 11 is 6.03. The number of anilines is 2. The maximum Gasteiger partial charge on any atom is 0.253 e. The first-order valence-corrected chi connectivity index (χ1v) is 12.4. The summed E-state index contributed by atoms with van der Waals surface area (Å²) in [6.07, 6.45) is 0.984. The van der Waals surface area contributed by atoms with Crippen molar-refractivity contribution in [3.8, 4) is 0 Å². The van der Waals surface area contributed by atoms with Crippen molar-refractivity contribution in [3.05, 3.63) is 95.5 Å². The molecule has 0 saturated carbocycles. The lowest BCUT2D eigenvalue weighted by Gasteiger charge is -2.43. The number of hydrogen-bond acceptors (Lipinski definition) is 4. The van der Waals surface area contributed by atoms with Crippen molar-refractivity contribution in [1.29, 1.82) is 0 Å². The minimum atomic E-state index is -0.800. The first kappa shape index (κ1) is 23.9. The van der Waals surface area contributed by atoms with Gasteiger partial charge in [-0.2, -0.15) is 0 Å². The van der Waals surface area contributed by atoms with Crippen LogP contribution in [0.25, 0.3) is 0 Å². The molecule has 5 rings (SSSR count). The van der Waals surface area contributed by atoms with Crippen LogP contribution in [0, 0.1) is 0 Å². The van der Waals surface area contributed by atoms with Crippen LogP contribution in [-0.2, 0) is 9.59 Å². The lowest BCUT2D eigenvalue weighted by molar-refractivity contribution is -0.136. The zero-order chi connectivity index (χ0) is 25.1. The van der Waals surface area contributed by atoms with Crippen LogP contribution in [0.15, 0.2) is 84.9 Å². The maximum absolute atomic E-state index is 13.8. The molecule has 0 atom stereocenters. The molecule has 7 nitrogen and oxygen atoms in total. The van der Waals surface area contributed by atoms with Crippen molar-refractivity contribution in [2.75, 3.05) is 36.5 Å². The Kier molecular flexibility index (Phi) is 6.65. The largest absolute Gasteiger partial charge is 0.339 e. The van der Waals surface area contributed by atoms with Crippen molar-refractivity contribution in [2.45, 2.75) is 18.4 Å². The Labute approximate surface area is 215 Å². The van der Waals surface area contributed by atoms with Crippen molar-refractivity contribution < 1.29 is 14.4 Å². The SMILES string of the molecule is O=C(CN1CN(c2ccccc2)C2(CCN(C(=O)c3ccccc3)CC2)C1=O)Nc1cccc(Cl)c1. The van der Waals surface area contributed by atoms with E-state index < -0.39 is 5.54 Å². The molecule has 0 radical (unpaired) electrons. The minimum Gasteiger partial charge on any atom is -0.339 e. The summed E-state index contributed by atoms with van der Waals surface area (Å²) in [5.74, 6) is -0.397. The molecule has 1 spiro atoms. The molecule has 1 N–H and O–H groups in total. The molecule has 0 aromatic heterocycles. The minimum absolute atomic E-state index is 0.0279. The van der Waals surface area contributed by atoms with Crippen molar-refractivity contribution in [2.24, 2.45) is 0 Å². The first-order valence-electron chi connectivity index (χ1n) is 12.0. The molecule has 2 aliphatic rings. The molecular formula is C28H27ClN4O3. The fourth-order valence-corrected chi connectivity index (χ4v) is 5.30. The second-order valence-corrected chi connectivity index (χ2v) is 9.59. The Balaban J connectivity index is 1.34. The standard InChI is InChI=1S/C28H27ClN4O3/c29-22-10-7-11-23(18-22)30-25(34)19-32-20-33(24-12-5-2-6-13-24)28(27(32)36)14-16-31(17-15-28)26(35)21-8-3-1-4-9-21/h1-13,18H,14-17,19-20H2,(H,30,34). The highest BCUT2D eigenvalue weighted by Gasteiger charge is 2.54. The summed E-state index contributed by atoms with van der Waals surface area (Å²) in [5.41, 5.74) is 1.35. The number of carbonyl (C=O) groups excluding carboxylic acids is 3. The highest BCUT2D eigenvalue weighted by Crippen LogP contribution is 2.39. The topological polar surface area (TPSA) is 73.0 Å². The normalized spacial score (nSPS) is 16.9. The average Bonchev–Trinajstić information content (AvgIpc) is 3.16. The fourth-order valence-electron chi connectivity index (χ4n) is 5.11. The van der Waals surface area contributed by atoms with Gasteiger partial charge in [-0.1, -0.05) is 54.1 Å². The number of nitrogens with one attached hydrogen (secondary N) is 1. The van der Waals surface area contributed by atoms with Crippen LogP contribution in [0.1, 0.15) is 23.2 Å². The van der Waals surface area contributed by atoms with Gasteiger partial charge in [0, 0.05) is 35.1 Å². The van der Waals surface area contributed by atoms with E-state index in [1.807, 2.05) is 65.6 Å². The third-order valence-corrected chi connectivity index (χ3v) is 7.16. The smallest absolute Gasteiger partial charge is 0.253 e. The summed E-state index contributed by atoms with van der Waals surface area (Å²) in [4.78, 5) is 45.2. The zero-order valence-electron chi connectivity index (χ0n) is 19.8. The zero-order valence-corrected chi connectivity index (χ0v) is 20.5. The molecule has 0 unspecified atom stereocenters. The summed E-state index contributed by atoms with van der Waals surface area (Å²) in [7, 11) is 0. The number of hydrogen-bond donors (Lipinski definition) is 1. The van der Waals surface area contributed by atoms with Crippen molar-refractivity contribution in [1.82, 2.24) is 9.80 Å². The third-order valence-electron chi connectivity index (χ3n) is 6.92. The van der Waals surface area contributed by atoms with E-state index in [0.29, 0.717) is 48.9 Å². The summed E-state index contributed by atoms with van der Waals surface area (Å²) in [6.45, 7) is 1.16. The van der Waals surface area contributed by atoms with E-state index >= 15 is 0 Å². The van der Waals surface area contributed by atoms with Gasteiger partial charge in [0.15, 0.2) is 0 Å². The van der Waals surface area contributed by atoms with Crippen LogP contribution >= 0.6 is 11.6 Å². The molecule has 36 heavy (non-hydrogen) atoms. The molecule has 2 aliphatic heterocycles. The first-order chi connectivity index (χ1) is 17.5. The highest BCUT2D eigenvalue weighted by molar-refractivity contribution is 6.30. The molecular weight excluding hydrogens is 476 g/mol. The van der Waals surface area contributed by atoms with Crippen molar-refractivity contribution in [3.63, 3.8) is 0 Å². The second-order valence-electron chi connectivity index (χ2n) is 9.16. The Hall–Kier alpha value is -3.84. The Morgan fingerprint density at radius 2 is 1.56 bits per heavy atom. The monoisotopic (exact) mass is 502 g/mol. The van der Waals surface area contributed by atoms with E-state index in [9.17, 15) is 14.4 Å². The molecule has 2 saturated heterocycles. The lowest BCUT2D eigenvalue weighted by Crippen LogP contribution is -2.57. The van der Waals surface area contributed by atoms with E-state index in [4.69, 9.17) is 11.6 Å². The van der Waals surface area contributed by atoms with Gasteiger partial charge in [0.05, 0.1) is 6.67 Å². The van der Waals surface area contributed by atoms with Crippen LogP contribution in [0.4, 0.5) is 11.4 Å². The molecule has 0 bridgehead atoms. The number of rotatable bonds is 5. The van der Waals surface area contributed by atoms with Gasteiger partial charge in [0.25, 0.3) is 11.8 Å². The van der Waals surface area contributed by atoms with Crippen LogP contribution in [0.5, 0.6) is 0 Å². The van der Waals surface area contributed by atoms with Gasteiger partial charge in [-0.05, 0) is 55.3 Å². The van der Waals surface area contributed by atoms with E-state index in [-0.39, 0.29) is 24.3 Å². The highest BCUT2D eigenvalue weighted by atomic mass is 35.5.